The Balaban J connectivity index is 1.93. The number of amides is 1. The van der Waals surface area contributed by atoms with Crippen LogP contribution in [0.2, 0.25) is 10.0 Å². The summed E-state index contributed by atoms with van der Waals surface area (Å²) in [7, 11) is 1.68. The summed E-state index contributed by atoms with van der Waals surface area (Å²) in [5.74, 6) is -4.27. The maximum absolute atomic E-state index is 15.9. The molecule has 6 nitrogen and oxygen atoms in total. The zero-order chi connectivity index (χ0) is 32.8. The molecule has 1 aliphatic heterocycles. The predicted octanol–water partition coefficient (Wildman–Crippen LogP) is 7.94. The van der Waals surface area contributed by atoms with E-state index < -0.39 is 52.3 Å². The average molecular weight is 643 g/mol. The lowest BCUT2D eigenvalue weighted by Crippen LogP contribution is -2.45. The zero-order valence-corrected chi connectivity index (χ0v) is 26.9. The van der Waals surface area contributed by atoms with Gasteiger partial charge < -0.3 is 10.4 Å². The SMILES string of the molecule is CN1[C@@H](CC(C)(C)C)[C@](C#N)(c2ccc(Cl)cc2F)[C@@H](c2cccc(Cl)c2F)[C@@H]1C(=O)Nc1ccc(C(C)(C)C(=O)O)cc1. The minimum Gasteiger partial charge on any atom is -0.481 e. The maximum atomic E-state index is 15.9. The summed E-state index contributed by atoms with van der Waals surface area (Å²) in [5.41, 5.74) is -2.34. The van der Waals surface area contributed by atoms with E-state index in [9.17, 15) is 20.0 Å². The summed E-state index contributed by atoms with van der Waals surface area (Å²) >= 11 is 12.3. The minimum absolute atomic E-state index is 0.00503. The van der Waals surface area contributed by atoms with Crippen molar-refractivity contribution < 1.29 is 23.5 Å². The molecule has 1 heterocycles. The molecule has 3 aromatic carbocycles. The molecular weight excluding hydrogens is 607 g/mol. The standard InChI is InChI=1S/C34H35Cl2F2N3O3/c1-32(2,3)17-26-34(18-39,23-15-12-20(35)16-25(23)37)27(22-8-7-9-24(36)28(22)38)29(41(26)6)30(42)40-21-13-10-19(11-14-21)33(4,5)31(43)44/h7-16,26-27,29H,17H2,1-6H3,(H,40,42)(H,43,44)/t26-,27-,29+,34-/m0/s1. The Morgan fingerprint density at radius 3 is 2.23 bits per heavy atom. The third kappa shape index (κ3) is 5.93. The number of carboxylic acid groups (broad SMARTS) is 1. The van der Waals surface area contributed by atoms with Crippen LogP contribution >= 0.6 is 23.2 Å². The molecular formula is C34H35Cl2F2N3O3. The van der Waals surface area contributed by atoms with Crippen molar-refractivity contribution in [2.24, 2.45) is 5.41 Å². The first-order valence-corrected chi connectivity index (χ1v) is 14.9. The van der Waals surface area contributed by atoms with Gasteiger partial charge in [0.05, 0.1) is 22.5 Å². The van der Waals surface area contributed by atoms with Crippen LogP contribution in [0, 0.1) is 28.4 Å². The monoisotopic (exact) mass is 641 g/mol. The van der Waals surface area contributed by atoms with Crippen molar-refractivity contribution in [3.05, 3.63) is 99.0 Å². The van der Waals surface area contributed by atoms with Gasteiger partial charge in [-0.15, -0.1) is 0 Å². The number of hydrogen-bond acceptors (Lipinski definition) is 4. The summed E-state index contributed by atoms with van der Waals surface area (Å²) < 4.78 is 31.8. The molecule has 0 aliphatic carbocycles. The van der Waals surface area contributed by atoms with Crippen LogP contribution in [-0.2, 0) is 20.4 Å². The van der Waals surface area contributed by atoms with Crippen LogP contribution in [0.1, 0.15) is 63.6 Å². The second-order valence-corrected chi connectivity index (χ2v) is 14.0. The van der Waals surface area contributed by atoms with Gasteiger partial charge in [-0.2, -0.15) is 5.26 Å². The first kappa shape index (κ1) is 33.4. The van der Waals surface area contributed by atoms with Crippen molar-refractivity contribution >= 4 is 40.8 Å². The quantitative estimate of drug-likeness (QED) is 0.273. The molecule has 44 heavy (non-hydrogen) atoms. The van der Waals surface area contributed by atoms with E-state index in [-0.39, 0.29) is 26.6 Å². The molecule has 0 aromatic heterocycles. The van der Waals surface area contributed by atoms with Crippen molar-refractivity contribution in [3.8, 4) is 6.07 Å². The topological polar surface area (TPSA) is 93.4 Å². The Kier molecular flexibility index (Phi) is 9.19. The maximum Gasteiger partial charge on any atom is 0.313 e. The molecule has 0 saturated carbocycles. The summed E-state index contributed by atoms with van der Waals surface area (Å²) in [6.07, 6.45) is 0.362. The van der Waals surface area contributed by atoms with Crippen LogP contribution < -0.4 is 5.32 Å². The third-order valence-electron chi connectivity index (χ3n) is 8.62. The lowest BCUT2D eigenvalue weighted by molar-refractivity contribution is -0.142. The Hall–Kier alpha value is -3.51. The van der Waals surface area contributed by atoms with Gasteiger partial charge in [0.15, 0.2) is 0 Å². The van der Waals surface area contributed by atoms with E-state index in [2.05, 4.69) is 11.4 Å². The van der Waals surface area contributed by atoms with E-state index in [1.807, 2.05) is 20.8 Å². The second kappa shape index (κ2) is 12.1. The molecule has 0 spiro atoms. The van der Waals surface area contributed by atoms with Gasteiger partial charge >= 0.3 is 5.97 Å². The van der Waals surface area contributed by atoms with E-state index >= 15 is 8.78 Å². The van der Waals surface area contributed by atoms with Gasteiger partial charge in [0.2, 0.25) is 5.91 Å². The average Bonchev–Trinajstić information content (AvgIpc) is 3.17. The van der Waals surface area contributed by atoms with Crippen molar-refractivity contribution in [1.29, 1.82) is 5.26 Å². The number of halogens is 4. The molecule has 232 valence electrons. The van der Waals surface area contributed by atoms with E-state index in [0.29, 0.717) is 17.7 Å². The van der Waals surface area contributed by atoms with E-state index in [4.69, 9.17) is 23.2 Å². The van der Waals surface area contributed by atoms with Gasteiger partial charge in [-0.3, -0.25) is 14.5 Å². The van der Waals surface area contributed by atoms with Crippen LogP contribution in [-0.4, -0.2) is 41.0 Å². The van der Waals surface area contributed by atoms with E-state index in [1.54, 1.807) is 50.1 Å². The first-order valence-electron chi connectivity index (χ1n) is 14.1. The fourth-order valence-corrected chi connectivity index (χ4v) is 6.63. The smallest absolute Gasteiger partial charge is 0.313 e. The highest BCUT2D eigenvalue weighted by Gasteiger charge is 2.63. The fourth-order valence-electron chi connectivity index (χ4n) is 6.29. The molecule has 1 saturated heterocycles. The molecule has 0 radical (unpaired) electrons. The number of carbonyl (C=O) groups excluding carboxylic acids is 1. The Morgan fingerprint density at radius 1 is 1.05 bits per heavy atom. The molecule has 4 rings (SSSR count). The molecule has 10 heteroatoms. The van der Waals surface area contributed by atoms with Crippen LogP contribution in [0.15, 0.2) is 60.7 Å². The summed E-state index contributed by atoms with van der Waals surface area (Å²) in [6.45, 7) is 9.08. The number of carbonyl (C=O) groups is 2. The molecule has 3 aromatic rings. The Morgan fingerprint density at radius 2 is 1.68 bits per heavy atom. The van der Waals surface area contributed by atoms with Crippen molar-refractivity contribution in [2.75, 3.05) is 12.4 Å². The van der Waals surface area contributed by atoms with Crippen molar-refractivity contribution in [1.82, 2.24) is 4.90 Å². The zero-order valence-electron chi connectivity index (χ0n) is 25.4. The molecule has 2 N–H and O–H groups in total. The summed E-state index contributed by atoms with van der Waals surface area (Å²) in [5, 5.41) is 23.5. The number of nitrogens with one attached hydrogen (secondary N) is 1. The fraction of sp³-hybridized carbons (Fsp3) is 0.382. The molecule has 4 atom stereocenters. The van der Waals surface area contributed by atoms with Crippen LogP contribution in [0.5, 0.6) is 0 Å². The van der Waals surface area contributed by atoms with Crippen molar-refractivity contribution in [3.63, 3.8) is 0 Å². The highest BCUT2D eigenvalue weighted by Crippen LogP contribution is 2.56. The van der Waals surface area contributed by atoms with Crippen molar-refractivity contribution in [2.45, 2.75) is 69.9 Å². The Labute approximate surface area is 266 Å². The van der Waals surface area contributed by atoms with E-state index in [0.717, 1.165) is 6.07 Å². The first-order chi connectivity index (χ1) is 20.5. The molecule has 1 amide bonds. The highest BCUT2D eigenvalue weighted by molar-refractivity contribution is 6.31. The van der Waals surface area contributed by atoms with E-state index in [1.165, 1.54) is 30.3 Å². The number of benzene rings is 3. The largest absolute Gasteiger partial charge is 0.481 e. The predicted molar refractivity (Wildman–Crippen MR) is 168 cm³/mol. The lowest BCUT2D eigenvalue weighted by atomic mass is 9.62. The molecule has 1 fully saturated rings. The van der Waals surface area contributed by atoms with Crippen LogP contribution in [0.4, 0.5) is 14.5 Å². The van der Waals surface area contributed by atoms with Gasteiger partial charge in [-0.1, -0.05) is 74.3 Å². The molecule has 0 bridgehead atoms. The third-order valence-corrected chi connectivity index (χ3v) is 9.15. The number of rotatable bonds is 7. The minimum atomic E-state index is -1.74. The van der Waals surface area contributed by atoms with Gasteiger partial charge in [0, 0.05) is 28.2 Å². The Bertz CT molecular complexity index is 1630. The number of nitrogens with zero attached hydrogens (tertiary/aromatic N) is 2. The summed E-state index contributed by atoms with van der Waals surface area (Å²) in [6, 6.07) is 15.3. The number of likely N-dealkylation sites (N-methyl/N-ethyl adjacent to an activating group) is 1. The van der Waals surface area contributed by atoms with Gasteiger partial charge in [-0.05, 0) is 74.2 Å². The lowest BCUT2D eigenvalue weighted by Gasteiger charge is -2.38. The molecule has 0 unspecified atom stereocenters. The number of nitriles is 1. The number of anilines is 1. The number of aliphatic carboxylic acids is 1. The normalized spacial score (nSPS) is 22.4. The van der Waals surface area contributed by atoms with Gasteiger partial charge in [0.1, 0.15) is 17.0 Å². The number of carboxylic acids is 1. The van der Waals surface area contributed by atoms with Gasteiger partial charge in [-0.25, -0.2) is 8.78 Å². The van der Waals surface area contributed by atoms with Crippen LogP contribution in [0.25, 0.3) is 0 Å². The number of likely N-dealkylation sites (tertiary alicyclic amines) is 1. The number of hydrogen-bond donors (Lipinski definition) is 2. The second-order valence-electron chi connectivity index (χ2n) is 13.1. The van der Waals surface area contributed by atoms with Gasteiger partial charge in [0.25, 0.3) is 0 Å². The summed E-state index contributed by atoms with van der Waals surface area (Å²) in [4.78, 5) is 27.7. The van der Waals surface area contributed by atoms with Crippen LogP contribution in [0.3, 0.4) is 0 Å². The molecule has 1 aliphatic rings. The highest BCUT2D eigenvalue weighted by atomic mass is 35.5.